The molecule has 0 spiro atoms. The van der Waals surface area contributed by atoms with E-state index in [9.17, 15) is 9.18 Å². The van der Waals surface area contributed by atoms with E-state index in [0.29, 0.717) is 6.61 Å². The summed E-state index contributed by atoms with van der Waals surface area (Å²) in [7, 11) is 0. The first-order chi connectivity index (χ1) is 7.15. The molecule has 0 unspecified atom stereocenters. The maximum absolute atomic E-state index is 13.1. The van der Waals surface area contributed by atoms with Crippen LogP contribution >= 0.6 is 0 Å². The first-order valence-electron chi connectivity index (χ1n) is 4.68. The fraction of sp³-hybridized carbons (Fsp3) is 0.400. The van der Waals surface area contributed by atoms with E-state index in [4.69, 9.17) is 4.74 Å². The van der Waals surface area contributed by atoms with E-state index in [0.717, 1.165) is 0 Å². The average molecular weight is 212 g/mol. The Kier molecular flexibility index (Phi) is 4.17. The molecule has 0 aromatic carbocycles. The number of aromatic nitrogens is 1. The Morgan fingerprint density at radius 2 is 2.47 bits per heavy atom. The molecule has 0 radical (unpaired) electrons. The summed E-state index contributed by atoms with van der Waals surface area (Å²) in [6.07, 6.45) is 0.792. The van der Waals surface area contributed by atoms with Crippen LogP contribution in [0.5, 0.6) is 0 Å². The van der Waals surface area contributed by atoms with Gasteiger partial charge in [-0.15, -0.1) is 0 Å². The lowest BCUT2D eigenvalue weighted by molar-refractivity contribution is -0.126. The highest BCUT2D eigenvalue weighted by atomic mass is 19.1. The minimum atomic E-state index is -0.614. The summed E-state index contributed by atoms with van der Waals surface area (Å²) >= 11 is 0. The van der Waals surface area contributed by atoms with Crippen LogP contribution in [0.4, 0.5) is 10.2 Å². The first-order valence-corrected chi connectivity index (χ1v) is 4.68. The molecule has 0 aliphatic heterocycles. The van der Waals surface area contributed by atoms with Gasteiger partial charge in [-0.1, -0.05) is 0 Å². The molecule has 1 rings (SSSR count). The molecule has 0 saturated heterocycles. The summed E-state index contributed by atoms with van der Waals surface area (Å²) in [4.78, 5) is 15.1. The minimum Gasteiger partial charge on any atom is -0.369 e. The SMILES string of the molecule is CCO[C@@H](C)C(=O)Nc1ncccc1F. The summed E-state index contributed by atoms with van der Waals surface area (Å²) in [6, 6.07) is 2.69. The molecule has 1 heterocycles. The van der Waals surface area contributed by atoms with E-state index in [2.05, 4.69) is 10.3 Å². The second-order valence-corrected chi connectivity index (χ2v) is 2.92. The van der Waals surface area contributed by atoms with Gasteiger partial charge in [-0.3, -0.25) is 4.79 Å². The van der Waals surface area contributed by atoms with Gasteiger partial charge < -0.3 is 10.1 Å². The summed E-state index contributed by atoms with van der Waals surface area (Å²) in [5.74, 6) is -1.04. The van der Waals surface area contributed by atoms with Gasteiger partial charge in [0.15, 0.2) is 11.6 Å². The van der Waals surface area contributed by atoms with Crippen molar-refractivity contribution < 1.29 is 13.9 Å². The van der Waals surface area contributed by atoms with Gasteiger partial charge in [-0.25, -0.2) is 9.37 Å². The quantitative estimate of drug-likeness (QED) is 0.824. The van der Waals surface area contributed by atoms with Gasteiger partial charge in [-0.2, -0.15) is 0 Å². The number of anilines is 1. The van der Waals surface area contributed by atoms with Gasteiger partial charge in [0.25, 0.3) is 5.91 Å². The largest absolute Gasteiger partial charge is 0.369 e. The number of halogens is 1. The van der Waals surface area contributed by atoms with Crippen LogP contribution in [0.2, 0.25) is 0 Å². The maximum atomic E-state index is 13.1. The van der Waals surface area contributed by atoms with Crippen LogP contribution in [0.1, 0.15) is 13.8 Å². The molecule has 1 atom stereocenters. The Balaban J connectivity index is 2.62. The second kappa shape index (κ2) is 5.41. The van der Waals surface area contributed by atoms with Crippen molar-refractivity contribution in [1.82, 2.24) is 4.98 Å². The number of rotatable bonds is 4. The van der Waals surface area contributed by atoms with Gasteiger partial charge in [0.05, 0.1) is 0 Å². The van der Waals surface area contributed by atoms with Crippen LogP contribution in [-0.4, -0.2) is 23.6 Å². The zero-order valence-electron chi connectivity index (χ0n) is 8.66. The van der Waals surface area contributed by atoms with Crippen molar-refractivity contribution in [3.05, 3.63) is 24.1 Å². The third-order valence-electron chi connectivity index (χ3n) is 1.79. The lowest BCUT2D eigenvalue weighted by Gasteiger charge is -2.11. The normalized spacial score (nSPS) is 12.2. The van der Waals surface area contributed by atoms with Crippen LogP contribution in [-0.2, 0) is 9.53 Å². The van der Waals surface area contributed by atoms with Crippen LogP contribution in [0.3, 0.4) is 0 Å². The highest BCUT2D eigenvalue weighted by molar-refractivity contribution is 5.93. The third-order valence-corrected chi connectivity index (χ3v) is 1.79. The summed E-state index contributed by atoms with van der Waals surface area (Å²) in [6.45, 7) is 3.81. The lowest BCUT2D eigenvalue weighted by Crippen LogP contribution is -2.28. The molecule has 1 aromatic heterocycles. The molecule has 1 N–H and O–H groups in total. The van der Waals surface area contributed by atoms with Crippen molar-refractivity contribution >= 4 is 11.7 Å². The molecule has 4 nitrogen and oxygen atoms in total. The monoisotopic (exact) mass is 212 g/mol. The van der Waals surface area contributed by atoms with Gasteiger partial charge in [-0.05, 0) is 26.0 Å². The van der Waals surface area contributed by atoms with Crippen molar-refractivity contribution in [3.63, 3.8) is 0 Å². The second-order valence-electron chi connectivity index (χ2n) is 2.92. The standard InChI is InChI=1S/C10H13FN2O2/c1-3-15-7(2)10(14)13-9-8(11)5-4-6-12-9/h4-7H,3H2,1-2H3,(H,12,13,14)/t7-/m0/s1. The number of carbonyl (C=O) groups is 1. The van der Waals surface area contributed by atoms with Crippen LogP contribution in [0, 0.1) is 5.82 Å². The average Bonchev–Trinajstić information content (AvgIpc) is 2.21. The smallest absolute Gasteiger partial charge is 0.254 e. The minimum absolute atomic E-state index is 0.0750. The molecule has 1 aromatic rings. The highest BCUT2D eigenvalue weighted by Gasteiger charge is 2.14. The summed E-state index contributed by atoms with van der Waals surface area (Å²) in [5, 5.41) is 2.34. The van der Waals surface area contributed by atoms with Crippen molar-refractivity contribution in [2.75, 3.05) is 11.9 Å². The molecular weight excluding hydrogens is 199 g/mol. The number of nitrogens with one attached hydrogen (secondary N) is 1. The van der Waals surface area contributed by atoms with Crippen molar-refractivity contribution in [1.29, 1.82) is 0 Å². The topological polar surface area (TPSA) is 51.2 Å². The Labute approximate surface area is 87.5 Å². The van der Waals surface area contributed by atoms with Crippen molar-refractivity contribution in [3.8, 4) is 0 Å². The molecule has 1 amide bonds. The van der Waals surface area contributed by atoms with E-state index in [1.165, 1.54) is 18.3 Å². The molecule has 5 heteroatoms. The van der Waals surface area contributed by atoms with Gasteiger partial charge in [0.2, 0.25) is 0 Å². The predicted octanol–water partition coefficient (Wildman–Crippen LogP) is 1.58. The lowest BCUT2D eigenvalue weighted by atomic mass is 10.3. The van der Waals surface area contributed by atoms with Gasteiger partial charge in [0.1, 0.15) is 6.10 Å². The predicted molar refractivity (Wildman–Crippen MR) is 53.9 cm³/mol. The summed E-state index contributed by atoms with van der Waals surface area (Å²) < 4.78 is 18.1. The molecule has 82 valence electrons. The number of ether oxygens (including phenoxy) is 1. The number of hydrogen-bond acceptors (Lipinski definition) is 3. The van der Waals surface area contributed by atoms with E-state index in [1.807, 2.05) is 0 Å². The summed E-state index contributed by atoms with van der Waals surface area (Å²) in [5.41, 5.74) is 0. The molecule has 0 bridgehead atoms. The molecule has 0 fully saturated rings. The Morgan fingerprint density at radius 1 is 1.73 bits per heavy atom. The van der Waals surface area contributed by atoms with E-state index >= 15 is 0 Å². The zero-order valence-corrected chi connectivity index (χ0v) is 8.66. The van der Waals surface area contributed by atoms with Gasteiger partial charge in [0, 0.05) is 12.8 Å². The van der Waals surface area contributed by atoms with Crippen molar-refractivity contribution in [2.45, 2.75) is 20.0 Å². The van der Waals surface area contributed by atoms with E-state index in [-0.39, 0.29) is 5.82 Å². The zero-order chi connectivity index (χ0) is 11.3. The number of pyridine rings is 1. The molecule has 0 saturated carbocycles. The number of nitrogens with zero attached hydrogens (tertiary/aromatic N) is 1. The maximum Gasteiger partial charge on any atom is 0.254 e. The van der Waals surface area contributed by atoms with Crippen molar-refractivity contribution in [2.24, 2.45) is 0 Å². The molecular formula is C10H13FN2O2. The fourth-order valence-corrected chi connectivity index (χ4v) is 1.02. The van der Waals surface area contributed by atoms with E-state index in [1.54, 1.807) is 13.8 Å². The highest BCUT2D eigenvalue weighted by Crippen LogP contribution is 2.09. The van der Waals surface area contributed by atoms with Crippen LogP contribution in [0.15, 0.2) is 18.3 Å². The number of amides is 1. The fourth-order valence-electron chi connectivity index (χ4n) is 1.02. The Hall–Kier alpha value is -1.49. The van der Waals surface area contributed by atoms with Crippen LogP contribution in [0.25, 0.3) is 0 Å². The molecule has 15 heavy (non-hydrogen) atoms. The molecule has 0 aliphatic carbocycles. The third kappa shape index (κ3) is 3.28. The number of carbonyl (C=O) groups excluding carboxylic acids is 1. The number of hydrogen-bond donors (Lipinski definition) is 1. The Bertz CT molecular complexity index is 344. The molecule has 0 aliphatic rings. The van der Waals surface area contributed by atoms with E-state index < -0.39 is 17.8 Å². The first kappa shape index (κ1) is 11.6. The van der Waals surface area contributed by atoms with Crippen LogP contribution < -0.4 is 5.32 Å². The van der Waals surface area contributed by atoms with Gasteiger partial charge >= 0.3 is 0 Å². The Morgan fingerprint density at radius 3 is 3.07 bits per heavy atom.